The second kappa shape index (κ2) is 15.3. The average Bonchev–Trinajstić information content (AvgIpc) is 3.69. The van der Waals surface area contributed by atoms with Crippen LogP contribution in [0.15, 0.2) is 53.6 Å². The quantitative estimate of drug-likeness (QED) is 0.141. The lowest BCUT2D eigenvalue weighted by Crippen LogP contribution is -2.54. The number of hydrogen-bond acceptors (Lipinski definition) is 10. The van der Waals surface area contributed by atoms with Crippen LogP contribution in [0.1, 0.15) is 77.6 Å². The number of amides is 4. The van der Waals surface area contributed by atoms with Gasteiger partial charge in [0.25, 0.3) is 17.4 Å². The number of imide groups is 2. The number of carbonyl (C=O) groups is 4. The fourth-order valence-electron chi connectivity index (χ4n) is 7.84. The molecule has 0 saturated carbocycles. The van der Waals surface area contributed by atoms with E-state index >= 15 is 0 Å². The average molecular weight is 735 g/mol. The number of benzene rings is 2. The van der Waals surface area contributed by atoms with Crippen LogP contribution < -0.4 is 30.1 Å². The predicted molar refractivity (Wildman–Crippen MR) is 206 cm³/mol. The molecule has 4 amide bonds. The summed E-state index contributed by atoms with van der Waals surface area (Å²) in [6.07, 6.45) is 10.8. The molecule has 282 valence electrons. The highest BCUT2D eigenvalue weighted by Crippen LogP contribution is 2.42. The van der Waals surface area contributed by atoms with E-state index in [-0.39, 0.29) is 29.5 Å². The number of piperidine rings is 1. The van der Waals surface area contributed by atoms with Crippen LogP contribution in [0.5, 0.6) is 11.5 Å². The molecule has 3 aliphatic heterocycles. The topological polar surface area (TPSA) is 143 Å². The number of anilines is 2. The number of carbonyl (C=O) groups excluding carboxylic acids is 4. The summed E-state index contributed by atoms with van der Waals surface area (Å²) in [5.74, 6) is -0.230. The fourth-order valence-corrected chi connectivity index (χ4v) is 7.84. The molecule has 0 radical (unpaired) electrons. The Kier molecular flexibility index (Phi) is 10.4. The van der Waals surface area contributed by atoms with Gasteiger partial charge >= 0.3 is 0 Å². The first kappa shape index (κ1) is 36.6. The third kappa shape index (κ3) is 6.90. The third-order valence-electron chi connectivity index (χ3n) is 10.7. The molecular weight excluding hydrogens is 688 g/mol. The number of rotatable bonds is 14. The smallest absolute Gasteiger partial charge is 0.266 e. The molecule has 5 heterocycles. The first-order valence-corrected chi connectivity index (χ1v) is 18.7. The lowest BCUT2D eigenvalue weighted by atomic mass is 9.95. The zero-order valence-corrected chi connectivity index (χ0v) is 31.3. The predicted octanol–water partition coefficient (Wildman–Crippen LogP) is 4.86. The molecule has 1 unspecified atom stereocenters. The second-order valence-electron chi connectivity index (χ2n) is 14.4. The largest absolute Gasteiger partial charge is 0.497 e. The van der Waals surface area contributed by atoms with Crippen molar-refractivity contribution in [1.29, 1.82) is 0 Å². The fraction of sp³-hybridized carbons (Fsp3) is 0.415. The molecule has 1 saturated heterocycles. The monoisotopic (exact) mass is 734 g/mol. The van der Waals surface area contributed by atoms with Crippen molar-refractivity contribution < 1.29 is 28.7 Å². The van der Waals surface area contributed by atoms with Crippen molar-refractivity contribution in [3.05, 3.63) is 75.8 Å². The maximum Gasteiger partial charge on any atom is 0.266 e. The van der Waals surface area contributed by atoms with Gasteiger partial charge in [0, 0.05) is 75.8 Å². The molecule has 1 fully saturated rings. The van der Waals surface area contributed by atoms with Gasteiger partial charge in [-0.2, -0.15) is 0 Å². The van der Waals surface area contributed by atoms with Gasteiger partial charge < -0.3 is 23.8 Å². The molecule has 4 aromatic rings. The Morgan fingerprint density at radius 2 is 1.67 bits per heavy atom. The summed E-state index contributed by atoms with van der Waals surface area (Å²) in [7, 11) is 7.36. The molecule has 7 rings (SSSR count). The van der Waals surface area contributed by atoms with Crippen LogP contribution in [0.2, 0.25) is 0 Å². The number of unbranched alkanes of at least 4 members (excludes halogenated alkanes) is 5. The molecule has 2 aromatic carbocycles. The lowest BCUT2D eigenvalue weighted by Gasteiger charge is -2.27. The maximum atomic E-state index is 13.3. The summed E-state index contributed by atoms with van der Waals surface area (Å²) in [6, 6.07) is 10.1. The normalized spacial score (nSPS) is 16.6. The van der Waals surface area contributed by atoms with Gasteiger partial charge in [0.2, 0.25) is 11.8 Å². The van der Waals surface area contributed by atoms with Gasteiger partial charge in [0.15, 0.2) is 0 Å². The van der Waals surface area contributed by atoms with Gasteiger partial charge in [-0.1, -0.05) is 31.7 Å². The van der Waals surface area contributed by atoms with Crippen molar-refractivity contribution >= 4 is 45.9 Å². The summed E-state index contributed by atoms with van der Waals surface area (Å²) in [4.78, 5) is 73.3. The number of aryl methyl sites for hydroxylation is 1. The van der Waals surface area contributed by atoms with Crippen LogP contribution >= 0.6 is 0 Å². The van der Waals surface area contributed by atoms with E-state index in [1.807, 2.05) is 31.3 Å². The Balaban J connectivity index is 0.916. The van der Waals surface area contributed by atoms with E-state index in [0.29, 0.717) is 17.7 Å². The SMILES string of the molecule is COc1cc(-c2cn(C)c(=O)c3cnc(N(C)C)cc23)c2c(c1)N(CCCCCCCCOc1cccc3c1C(=O)N(C1CCC(=O)NC1=O)C3=O)CC2. The highest BCUT2D eigenvalue weighted by atomic mass is 16.5. The van der Waals surface area contributed by atoms with E-state index in [1.54, 1.807) is 43.1 Å². The van der Waals surface area contributed by atoms with E-state index in [0.717, 1.165) is 91.0 Å². The van der Waals surface area contributed by atoms with Gasteiger partial charge in [-0.15, -0.1) is 0 Å². The minimum absolute atomic E-state index is 0.0730. The molecule has 13 heteroatoms. The van der Waals surface area contributed by atoms with Crippen molar-refractivity contribution in [3.63, 3.8) is 0 Å². The number of pyridine rings is 2. The van der Waals surface area contributed by atoms with Crippen LogP contribution in [0.4, 0.5) is 11.5 Å². The Hall–Kier alpha value is -5.72. The van der Waals surface area contributed by atoms with Gasteiger partial charge in [-0.25, -0.2) is 4.98 Å². The van der Waals surface area contributed by atoms with Crippen LogP contribution in [0, 0.1) is 0 Å². The van der Waals surface area contributed by atoms with E-state index in [2.05, 4.69) is 27.3 Å². The Bertz CT molecular complexity index is 2210. The molecule has 1 N–H and O–H groups in total. The minimum atomic E-state index is -1.01. The summed E-state index contributed by atoms with van der Waals surface area (Å²) in [5.41, 5.74) is 4.83. The molecule has 0 bridgehead atoms. The number of aromatic nitrogens is 2. The number of hydrogen-bond donors (Lipinski definition) is 1. The molecule has 54 heavy (non-hydrogen) atoms. The molecular formula is C41H46N6O7. The van der Waals surface area contributed by atoms with Crippen molar-refractivity contribution in [2.24, 2.45) is 7.05 Å². The molecule has 1 atom stereocenters. The summed E-state index contributed by atoms with van der Waals surface area (Å²) in [5, 5.41) is 3.69. The number of nitrogens with zero attached hydrogens (tertiary/aromatic N) is 5. The zero-order chi connectivity index (χ0) is 38.1. The van der Waals surface area contributed by atoms with Crippen LogP contribution in [0.25, 0.3) is 21.9 Å². The molecule has 0 spiro atoms. The van der Waals surface area contributed by atoms with Crippen molar-refractivity contribution in [2.45, 2.75) is 63.8 Å². The van der Waals surface area contributed by atoms with E-state index in [1.165, 1.54) is 11.3 Å². The first-order valence-electron chi connectivity index (χ1n) is 18.7. The first-order chi connectivity index (χ1) is 26.1. The van der Waals surface area contributed by atoms with E-state index < -0.39 is 29.7 Å². The maximum absolute atomic E-state index is 13.3. The Morgan fingerprint density at radius 3 is 2.43 bits per heavy atom. The second-order valence-corrected chi connectivity index (χ2v) is 14.4. The third-order valence-corrected chi connectivity index (χ3v) is 10.7. The number of methoxy groups -OCH3 is 1. The molecule has 2 aromatic heterocycles. The van der Waals surface area contributed by atoms with Gasteiger partial charge in [-0.3, -0.25) is 34.2 Å². The number of fused-ring (bicyclic) bond motifs is 3. The van der Waals surface area contributed by atoms with Crippen LogP contribution in [0.3, 0.4) is 0 Å². The summed E-state index contributed by atoms with van der Waals surface area (Å²) >= 11 is 0. The van der Waals surface area contributed by atoms with Crippen molar-refractivity contribution in [1.82, 2.24) is 19.8 Å². The van der Waals surface area contributed by atoms with E-state index in [9.17, 15) is 24.0 Å². The lowest BCUT2D eigenvalue weighted by molar-refractivity contribution is -0.136. The standard InChI is InChI=1S/C41H46N6O7/c1-44(2)35-22-29-30(23-42-35)39(50)45(3)24-31(29)28-20-25(53-4)21-33-26(28)16-18-46(33)17-9-7-5-6-8-10-19-54-34-13-11-12-27-37(34)41(52)47(40(27)51)32-14-15-36(48)43-38(32)49/h11-13,20-24,32H,5-10,14-19H2,1-4H3,(H,43,48,49). The van der Waals surface area contributed by atoms with Gasteiger partial charge in [0.05, 0.1) is 30.2 Å². The number of ether oxygens (including phenoxy) is 2. The highest BCUT2D eigenvalue weighted by molar-refractivity contribution is 6.24. The van der Waals surface area contributed by atoms with Gasteiger partial charge in [-0.05, 0) is 61.1 Å². The molecule has 13 nitrogen and oxygen atoms in total. The van der Waals surface area contributed by atoms with Crippen molar-refractivity contribution in [3.8, 4) is 22.6 Å². The Labute approximate surface area is 313 Å². The number of nitrogens with one attached hydrogen (secondary N) is 1. The van der Waals surface area contributed by atoms with E-state index in [4.69, 9.17) is 9.47 Å². The zero-order valence-electron chi connectivity index (χ0n) is 31.3. The summed E-state index contributed by atoms with van der Waals surface area (Å²) < 4.78 is 13.4. The van der Waals surface area contributed by atoms with Crippen LogP contribution in [-0.4, -0.2) is 85.0 Å². The molecule has 0 aliphatic carbocycles. The van der Waals surface area contributed by atoms with Crippen molar-refractivity contribution in [2.75, 3.05) is 50.7 Å². The highest BCUT2D eigenvalue weighted by Gasteiger charge is 2.46. The van der Waals surface area contributed by atoms with Gasteiger partial charge in [0.1, 0.15) is 23.4 Å². The summed E-state index contributed by atoms with van der Waals surface area (Å²) in [6.45, 7) is 2.26. The van der Waals surface area contributed by atoms with Crippen LogP contribution in [-0.2, 0) is 23.1 Å². The Morgan fingerprint density at radius 1 is 0.889 bits per heavy atom. The minimum Gasteiger partial charge on any atom is -0.497 e. The molecule has 3 aliphatic rings.